The molecule has 1 aromatic heterocycles. The summed E-state index contributed by atoms with van der Waals surface area (Å²) in [6, 6.07) is 5.96. The number of amides is 3. The Morgan fingerprint density at radius 1 is 0.809 bits per heavy atom. The summed E-state index contributed by atoms with van der Waals surface area (Å²) < 4.78 is 5.39. The number of nitrogens with two attached hydrogens (primary N) is 1. The van der Waals surface area contributed by atoms with Gasteiger partial charge in [-0.05, 0) is 57.1 Å². The molecule has 4 rings (SSSR count). The zero-order chi connectivity index (χ0) is 33.5. The summed E-state index contributed by atoms with van der Waals surface area (Å²) in [5.74, 6) is 0.875. The third-order valence-electron chi connectivity index (χ3n) is 8.93. The SMILES string of the molecule is NC(=O)NCCCCCCNC(=O)OCCCSc1cc2nc(c1)CN[C@@H]1CCCC[C@@H]1NCCN[C@@H]1CCCC[C@@H]1NC2.[Cl][Mn][Cl]. The number of hydrogen-bond donors (Lipinski definition) is 7. The van der Waals surface area contributed by atoms with Crippen LogP contribution in [0.4, 0.5) is 9.59 Å². The molecule has 3 amide bonds. The number of urea groups is 1. The van der Waals surface area contributed by atoms with E-state index in [-0.39, 0.29) is 19.2 Å². The molecule has 0 unspecified atom stereocenters. The number of nitrogens with one attached hydrogen (secondary N) is 6. The fraction of sp³-hybridized carbons (Fsp3) is 0.781. The monoisotopic (exact) mass is 757 g/mol. The van der Waals surface area contributed by atoms with Gasteiger partial charge in [0.05, 0.1) is 18.0 Å². The van der Waals surface area contributed by atoms with Crippen molar-refractivity contribution in [3.8, 4) is 0 Å². The number of rotatable bonds is 12. The van der Waals surface area contributed by atoms with Crippen molar-refractivity contribution in [1.29, 1.82) is 0 Å². The van der Waals surface area contributed by atoms with Crippen LogP contribution >= 0.6 is 32.0 Å². The molecule has 0 spiro atoms. The van der Waals surface area contributed by atoms with E-state index >= 15 is 0 Å². The van der Waals surface area contributed by atoms with Gasteiger partial charge in [0.2, 0.25) is 0 Å². The van der Waals surface area contributed by atoms with Gasteiger partial charge in [-0.2, -0.15) is 0 Å². The minimum atomic E-state index is -0.486. The van der Waals surface area contributed by atoms with Gasteiger partial charge in [0.25, 0.3) is 0 Å². The molecule has 4 atom stereocenters. The van der Waals surface area contributed by atoms with Gasteiger partial charge in [-0.3, -0.25) is 4.98 Å². The number of aromatic nitrogens is 1. The van der Waals surface area contributed by atoms with E-state index in [1.807, 2.05) is 11.8 Å². The van der Waals surface area contributed by atoms with Gasteiger partial charge >= 0.3 is 45.5 Å². The summed E-state index contributed by atoms with van der Waals surface area (Å²) in [6.45, 7) is 5.18. The van der Waals surface area contributed by atoms with Crippen LogP contribution in [0.15, 0.2) is 17.0 Å². The molecule has 2 saturated carbocycles. The Labute approximate surface area is 300 Å². The summed E-state index contributed by atoms with van der Waals surface area (Å²) >= 11 is 1.82. The van der Waals surface area contributed by atoms with Crippen LogP contribution in [0.25, 0.3) is 0 Å². The molecule has 2 bridgehead atoms. The standard InChI is InChI=1S/C32H56N8O3S.2ClH.Mn/c33-31(41)36-14-7-1-2-8-15-37-32(42)43-18-9-19-44-26-20-24-22-38-29-12-5-3-10-27(29)34-16-17-35-28-11-4-6-13-30(28)39-23-25(21-26)40-24;;;/h20-21,27-30,34-35,38-39H,1-19,22-23H2,(H,37,42)(H3,33,36,41);2*1H;/q;;;+2/p-2/t27-,28+,29+,30-;;;. The molecule has 15 heteroatoms. The number of fused-ring (bicyclic) bond motifs is 4. The second-order valence-electron chi connectivity index (χ2n) is 12.5. The zero-order valence-electron chi connectivity index (χ0n) is 27.6. The van der Waals surface area contributed by atoms with E-state index in [1.54, 1.807) is 0 Å². The molecule has 11 nitrogen and oxygen atoms in total. The van der Waals surface area contributed by atoms with E-state index < -0.39 is 6.03 Å². The van der Waals surface area contributed by atoms with E-state index in [1.165, 1.54) is 56.3 Å². The first-order valence-electron chi connectivity index (χ1n) is 17.4. The Hall–Kier alpha value is -1.02. The second-order valence-corrected chi connectivity index (χ2v) is 15.6. The number of pyridine rings is 1. The predicted molar refractivity (Wildman–Crippen MR) is 188 cm³/mol. The summed E-state index contributed by atoms with van der Waals surface area (Å²) in [7, 11) is 9.59. The van der Waals surface area contributed by atoms with Crippen LogP contribution in [0.1, 0.15) is 94.9 Å². The Balaban J connectivity index is 0.00000192. The molecule has 0 saturated heterocycles. The molecule has 0 radical (unpaired) electrons. The van der Waals surface area contributed by atoms with E-state index in [0.29, 0.717) is 43.9 Å². The number of nitrogens with zero attached hydrogens (tertiary/aromatic N) is 1. The Morgan fingerprint density at radius 3 is 1.81 bits per heavy atom. The van der Waals surface area contributed by atoms with Crippen LogP contribution in [-0.2, 0) is 31.0 Å². The summed E-state index contributed by atoms with van der Waals surface area (Å²) in [5.41, 5.74) is 7.25. The number of carbonyl (C=O) groups excluding carboxylic acids is 2. The average molecular weight is 759 g/mol. The molecule has 1 aliphatic heterocycles. The molecule has 2 heterocycles. The van der Waals surface area contributed by atoms with Crippen LogP contribution in [0.5, 0.6) is 0 Å². The van der Waals surface area contributed by atoms with Crippen molar-refractivity contribution in [2.45, 2.75) is 126 Å². The van der Waals surface area contributed by atoms with Gasteiger partial charge < -0.3 is 42.4 Å². The van der Waals surface area contributed by atoms with Crippen molar-refractivity contribution in [3.05, 3.63) is 23.5 Å². The first-order chi connectivity index (χ1) is 23.0. The van der Waals surface area contributed by atoms with Crippen LogP contribution in [0, 0.1) is 0 Å². The fourth-order valence-corrected chi connectivity index (χ4v) is 7.52. The van der Waals surface area contributed by atoms with E-state index in [2.05, 4.69) is 44.0 Å². The number of hydrogen-bond acceptors (Lipinski definition) is 9. The van der Waals surface area contributed by atoms with Crippen molar-refractivity contribution >= 4 is 44.1 Å². The number of carbonyl (C=O) groups is 2. The summed E-state index contributed by atoms with van der Waals surface area (Å²) in [4.78, 5) is 29.0. The minimum absolute atomic E-state index is 0.00694. The first-order valence-corrected chi connectivity index (χ1v) is 21.6. The van der Waals surface area contributed by atoms with Crippen LogP contribution in [-0.4, -0.2) is 79.8 Å². The average Bonchev–Trinajstić information content (AvgIpc) is 3.07. The number of ether oxygens (including phenoxy) is 1. The molecule has 2 fully saturated rings. The zero-order valence-corrected chi connectivity index (χ0v) is 31.1. The van der Waals surface area contributed by atoms with E-state index in [0.717, 1.165) is 75.4 Å². The van der Waals surface area contributed by atoms with Gasteiger partial charge in [0.1, 0.15) is 0 Å². The van der Waals surface area contributed by atoms with E-state index in [4.69, 9.17) is 35.7 Å². The first kappa shape index (κ1) is 40.4. The van der Waals surface area contributed by atoms with Crippen molar-refractivity contribution in [2.24, 2.45) is 5.73 Å². The fourth-order valence-electron chi connectivity index (χ4n) is 6.58. The Morgan fingerprint density at radius 2 is 1.30 bits per heavy atom. The Bertz CT molecular complexity index is 988. The molecule has 269 valence electrons. The number of thioether (sulfide) groups is 1. The van der Waals surface area contributed by atoms with Crippen molar-refractivity contribution < 1.29 is 27.5 Å². The third kappa shape index (κ3) is 17.5. The molecular formula is C32H56Cl2MnN8O3S. The second kappa shape index (κ2) is 25.0. The number of alkyl carbamates (subject to hydrolysis) is 1. The quantitative estimate of drug-likeness (QED) is 0.0898. The van der Waals surface area contributed by atoms with Crippen molar-refractivity contribution in [2.75, 3.05) is 38.5 Å². The number of unbranched alkanes of at least 4 members (excludes halogenated alkanes) is 3. The summed E-state index contributed by atoms with van der Waals surface area (Å²) in [6.07, 6.45) is 14.2. The number of primary amides is 1. The maximum atomic E-state index is 12.0. The molecule has 2 aliphatic carbocycles. The van der Waals surface area contributed by atoms with Gasteiger partial charge in [-0.15, -0.1) is 11.8 Å². The van der Waals surface area contributed by atoms with Crippen LogP contribution in [0.3, 0.4) is 0 Å². The predicted octanol–water partition coefficient (Wildman–Crippen LogP) is 4.89. The molecule has 0 aromatic carbocycles. The maximum absolute atomic E-state index is 12.0. The molecular weight excluding hydrogens is 702 g/mol. The van der Waals surface area contributed by atoms with E-state index in [9.17, 15) is 9.59 Å². The molecule has 1 aromatic rings. The number of halogens is 2. The molecule has 3 aliphatic rings. The van der Waals surface area contributed by atoms with Gasteiger partial charge in [0.15, 0.2) is 0 Å². The van der Waals surface area contributed by atoms with Crippen molar-refractivity contribution in [3.63, 3.8) is 0 Å². The molecule has 8 N–H and O–H groups in total. The van der Waals surface area contributed by atoms with Crippen LogP contribution < -0.4 is 37.6 Å². The topological polar surface area (TPSA) is 154 Å². The van der Waals surface area contributed by atoms with Gasteiger partial charge in [-0.1, -0.05) is 38.5 Å². The third-order valence-corrected chi connectivity index (χ3v) is 9.99. The van der Waals surface area contributed by atoms with Gasteiger partial charge in [-0.25, -0.2) is 9.59 Å². The van der Waals surface area contributed by atoms with Gasteiger partial charge in [0, 0.05) is 74.1 Å². The van der Waals surface area contributed by atoms with Crippen molar-refractivity contribution in [1.82, 2.24) is 36.9 Å². The normalized spacial score (nSPS) is 23.4. The molecule has 47 heavy (non-hydrogen) atoms. The Kier molecular flexibility index (Phi) is 21.5. The summed E-state index contributed by atoms with van der Waals surface area (Å²) in [5, 5.41) is 20.8. The van der Waals surface area contributed by atoms with Crippen LogP contribution in [0.2, 0.25) is 0 Å².